The van der Waals surface area contributed by atoms with Crippen LogP contribution in [0.2, 0.25) is 0 Å². The predicted octanol–water partition coefficient (Wildman–Crippen LogP) is -0.547. The first-order chi connectivity index (χ1) is 11.3. The van der Waals surface area contributed by atoms with Gasteiger partial charge in [-0.25, -0.2) is 14.4 Å². The molecule has 0 bridgehead atoms. The minimum atomic E-state index is -2.90. The first-order valence-corrected chi connectivity index (χ1v) is 6.19. The summed E-state index contributed by atoms with van der Waals surface area (Å²) in [6.07, 6.45) is 1.26. The highest BCUT2D eigenvalue weighted by molar-refractivity contribution is 6.04. The summed E-state index contributed by atoms with van der Waals surface area (Å²) in [4.78, 5) is 68.3. The number of aldehydes is 3. The molecule has 0 aliphatic rings. The quantitative estimate of drug-likeness (QED) is 0.160. The smallest absolute Gasteiger partial charge is 0.333 e. The predicted molar refractivity (Wildman–Crippen MR) is 77.1 cm³/mol. The molecule has 0 saturated heterocycles. The normalized spacial score (nSPS) is 10.5. The maximum absolute atomic E-state index is 11.5. The maximum atomic E-state index is 11.5. The third kappa shape index (κ3) is 4.32. The third-order valence-corrected chi connectivity index (χ3v) is 2.68. The molecular formula is C15H14O9. The first-order valence-electron chi connectivity index (χ1n) is 6.19. The number of ether oxygens (including phenoxy) is 3. The standard InChI is InChI=1S/C15H14O9/c1-4-11(19)22-10-15(23-12(20)5-2,24-13(21)6-3)14(7-16,8-17)9-18/h4-9H,1-3,10H2. The molecule has 128 valence electrons. The van der Waals surface area contributed by atoms with Crippen molar-refractivity contribution < 1.29 is 43.0 Å². The van der Waals surface area contributed by atoms with Crippen LogP contribution in [-0.2, 0) is 43.0 Å². The Morgan fingerprint density at radius 1 is 0.750 bits per heavy atom. The van der Waals surface area contributed by atoms with Gasteiger partial charge in [-0.1, -0.05) is 19.7 Å². The zero-order valence-corrected chi connectivity index (χ0v) is 12.5. The monoisotopic (exact) mass is 338 g/mol. The Hall–Kier alpha value is -3.36. The third-order valence-electron chi connectivity index (χ3n) is 2.68. The topological polar surface area (TPSA) is 130 Å². The van der Waals surface area contributed by atoms with Crippen LogP contribution in [0.5, 0.6) is 0 Å². The molecule has 0 amide bonds. The molecule has 0 spiro atoms. The van der Waals surface area contributed by atoms with Crippen molar-refractivity contribution in [2.45, 2.75) is 5.79 Å². The second-order valence-corrected chi connectivity index (χ2v) is 4.10. The average molecular weight is 338 g/mol. The van der Waals surface area contributed by atoms with Crippen molar-refractivity contribution in [2.24, 2.45) is 5.41 Å². The van der Waals surface area contributed by atoms with Crippen LogP contribution in [0.25, 0.3) is 0 Å². The van der Waals surface area contributed by atoms with E-state index in [1.807, 2.05) is 0 Å². The van der Waals surface area contributed by atoms with E-state index in [0.29, 0.717) is 18.2 Å². The fraction of sp³-hybridized carbons (Fsp3) is 0.200. The van der Waals surface area contributed by atoms with Gasteiger partial charge in [0.05, 0.1) is 0 Å². The van der Waals surface area contributed by atoms with Gasteiger partial charge < -0.3 is 28.6 Å². The summed E-state index contributed by atoms with van der Waals surface area (Å²) in [7, 11) is 0. The number of rotatable bonds is 11. The maximum Gasteiger partial charge on any atom is 0.333 e. The highest BCUT2D eigenvalue weighted by atomic mass is 16.8. The van der Waals surface area contributed by atoms with Gasteiger partial charge >= 0.3 is 23.7 Å². The van der Waals surface area contributed by atoms with Crippen LogP contribution in [0.4, 0.5) is 0 Å². The van der Waals surface area contributed by atoms with E-state index >= 15 is 0 Å². The largest absolute Gasteiger partial charge is 0.454 e. The van der Waals surface area contributed by atoms with Crippen molar-refractivity contribution in [2.75, 3.05) is 6.61 Å². The molecule has 0 aromatic carbocycles. The van der Waals surface area contributed by atoms with Crippen molar-refractivity contribution in [1.29, 1.82) is 0 Å². The van der Waals surface area contributed by atoms with Gasteiger partial charge in [-0.15, -0.1) is 0 Å². The molecule has 0 fully saturated rings. The van der Waals surface area contributed by atoms with E-state index in [9.17, 15) is 28.8 Å². The Morgan fingerprint density at radius 3 is 1.42 bits per heavy atom. The van der Waals surface area contributed by atoms with Crippen molar-refractivity contribution in [3.63, 3.8) is 0 Å². The number of esters is 3. The number of carbonyl (C=O) groups excluding carboxylic acids is 6. The van der Waals surface area contributed by atoms with Crippen molar-refractivity contribution in [3.05, 3.63) is 38.0 Å². The highest BCUT2D eigenvalue weighted by Crippen LogP contribution is 2.33. The number of carbonyl (C=O) groups is 6. The van der Waals surface area contributed by atoms with Crippen LogP contribution < -0.4 is 0 Å². The van der Waals surface area contributed by atoms with Crippen LogP contribution in [-0.4, -0.2) is 49.2 Å². The zero-order chi connectivity index (χ0) is 18.8. The molecular weight excluding hydrogens is 324 g/mol. The lowest BCUT2D eigenvalue weighted by Crippen LogP contribution is -2.60. The summed E-state index contributed by atoms with van der Waals surface area (Å²) in [6, 6.07) is 0. The molecule has 0 aliphatic carbocycles. The molecule has 0 aromatic heterocycles. The van der Waals surface area contributed by atoms with Gasteiger partial charge in [0.15, 0.2) is 6.61 Å². The van der Waals surface area contributed by atoms with Crippen LogP contribution >= 0.6 is 0 Å². The fourth-order valence-electron chi connectivity index (χ4n) is 1.37. The summed E-state index contributed by atoms with van der Waals surface area (Å²) in [5.74, 6) is -6.50. The van der Waals surface area contributed by atoms with Crippen LogP contribution in [0.3, 0.4) is 0 Å². The minimum Gasteiger partial charge on any atom is -0.454 e. The summed E-state index contributed by atoms with van der Waals surface area (Å²) < 4.78 is 14.1. The molecule has 0 aliphatic heterocycles. The average Bonchev–Trinajstić information content (AvgIpc) is 2.60. The van der Waals surface area contributed by atoms with E-state index in [4.69, 9.17) is 9.47 Å². The lowest BCUT2D eigenvalue weighted by Gasteiger charge is -2.37. The molecule has 9 heteroatoms. The molecule has 0 atom stereocenters. The second-order valence-electron chi connectivity index (χ2n) is 4.10. The summed E-state index contributed by atoms with van der Waals surface area (Å²) in [5, 5.41) is 0. The number of hydrogen-bond acceptors (Lipinski definition) is 9. The minimum absolute atomic E-state index is 0.221. The molecule has 0 rings (SSSR count). The Labute approximate surface area is 136 Å². The van der Waals surface area contributed by atoms with Gasteiger partial charge in [0.1, 0.15) is 18.9 Å². The van der Waals surface area contributed by atoms with Gasteiger partial charge in [-0.05, 0) is 0 Å². The van der Waals surface area contributed by atoms with E-state index < -0.39 is 35.7 Å². The Balaban J connectivity index is 6.30. The van der Waals surface area contributed by atoms with Gasteiger partial charge in [-0.3, -0.25) is 0 Å². The highest BCUT2D eigenvalue weighted by Gasteiger charge is 2.60. The van der Waals surface area contributed by atoms with Crippen molar-refractivity contribution in [3.8, 4) is 0 Å². The molecule has 0 unspecified atom stereocenters. The van der Waals surface area contributed by atoms with Gasteiger partial charge in [0.2, 0.25) is 5.41 Å². The Bertz CT molecular complexity index is 544. The van der Waals surface area contributed by atoms with E-state index in [1.54, 1.807) is 0 Å². The Morgan fingerprint density at radius 2 is 1.12 bits per heavy atom. The molecule has 0 N–H and O–H groups in total. The van der Waals surface area contributed by atoms with Crippen LogP contribution in [0, 0.1) is 5.41 Å². The lowest BCUT2D eigenvalue weighted by molar-refractivity contribution is -0.261. The van der Waals surface area contributed by atoms with E-state index in [-0.39, 0.29) is 18.9 Å². The molecule has 9 nitrogen and oxygen atoms in total. The van der Waals surface area contributed by atoms with Gasteiger partial charge in [-0.2, -0.15) is 0 Å². The van der Waals surface area contributed by atoms with Crippen molar-refractivity contribution >= 4 is 36.8 Å². The molecule has 0 radical (unpaired) electrons. The molecule has 0 heterocycles. The summed E-state index contributed by atoms with van der Waals surface area (Å²) in [6.45, 7) is 8.14. The lowest BCUT2D eigenvalue weighted by atomic mass is 9.83. The van der Waals surface area contributed by atoms with E-state index in [1.165, 1.54) is 0 Å². The number of hydrogen-bond donors (Lipinski definition) is 0. The van der Waals surface area contributed by atoms with E-state index in [2.05, 4.69) is 24.5 Å². The molecule has 0 aromatic rings. The Kier molecular flexibility index (Phi) is 7.68. The van der Waals surface area contributed by atoms with Crippen LogP contribution in [0.15, 0.2) is 38.0 Å². The summed E-state index contributed by atoms with van der Waals surface area (Å²) >= 11 is 0. The molecule has 0 saturated carbocycles. The van der Waals surface area contributed by atoms with Gasteiger partial charge in [0, 0.05) is 18.2 Å². The van der Waals surface area contributed by atoms with Gasteiger partial charge in [0.25, 0.3) is 0 Å². The SMILES string of the molecule is C=CC(=O)OCC(OC(=O)C=C)(OC(=O)C=C)C(C=O)(C=O)C=O. The van der Waals surface area contributed by atoms with Crippen molar-refractivity contribution in [1.82, 2.24) is 0 Å². The fourth-order valence-corrected chi connectivity index (χ4v) is 1.37. The zero-order valence-electron chi connectivity index (χ0n) is 12.5. The van der Waals surface area contributed by atoms with E-state index in [0.717, 1.165) is 0 Å². The summed E-state index contributed by atoms with van der Waals surface area (Å²) in [5.41, 5.74) is -2.80. The first kappa shape index (κ1) is 20.6. The second kappa shape index (κ2) is 8.93. The molecule has 24 heavy (non-hydrogen) atoms. The van der Waals surface area contributed by atoms with Crippen LogP contribution in [0.1, 0.15) is 0 Å².